The van der Waals surface area contributed by atoms with Crippen LogP contribution >= 0.6 is 0 Å². The van der Waals surface area contributed by atoms with E-state index in [1.165, 1.54) is 5.56 Å². The summed E-state index contributed by atoms with van der Waals surface area (Å²) >= 11 is 0. The van der Waals surface area contributed by atoms with E-state index < -0.39 is 30.5 Å². The molecule has 2 aliphatic carbocycles. The summed E-state index contributed by atoms with van der Waals surface area (Å²) in [7, 11) is 0. The predicted molar refractivity (Wildman–Crippen MR) is 210 cm³/mol. The van der Waals surface area contributed by atoms with Crippen molar-refractivity contribution in [1.82, 2.24) is 9.97 Å². The summed E-state index contributed by atoms with van der Waals surface area (Å²) in [4.78, 5) is 8.67. The molecule has 7 N–H and O–H groups in total. The van der Waals surface area contributed by atoms with Crippen LogP contribution < -0.4 is 15.5 Å². The molecule has 0 aliphatic heterocycles. The summed E-state index contributed by atoms with van der Waals surface area (Å²) in [5, 5.41) is 55.7. The molecule has 9 nitrogen and oxygen atoms in total. The Morgan fingerprint density at radius 3 is 2.48 bits per heavy atom. The molecule has 0 spiro atoms. The number of hydrogen-bond acceptors (Lipinski definition) is 8. The number of aromatic nitrogens is 2. The lowest BCUT2D eigenvalue weighted by atomic mass is 9.71. The number of aromatic hydroxyl groups is 1. The van der Waals surface area contributed by atoms with Gasteiger partial charge < -0.3 is 41.0 Å². The van der Waals surface area contributed by atoms with E-state index in [9.17, 15) is 25.5 Å². The number of phenolic OH excluding ortho intramolecular Hbond substituents is 1. The van der Waals surface area contributed by atoms with Crippen LogP contribution in [0.2, 0.25) is 0 Å². The first-order valence-corrected chi connectivity index (χ1v) is 19.7. The zero-order valence-corrected chi connectivity index (χ0v) is 31.3. The number of nitrogens with two attached hydrogens (primary N) is 1. The molecule has 54 heavy (non-hydrogen) atoms. The monoisotopic (exact) mass is 734 g/mol. The summed E-state index contributed by atoms with van der Waals surface area (Å²) in [5.41, 5.74) is 10.1. The Balaban J connectivity index is 1.15. The smallest absolute Gasteiger partial charge is 0.161 e. The highest BCUT2D eigenvalue weighted by atomic mass is 16.5. The van der Waals surface area contributed by atoms with Crippen LogP contribution in [-0.4, -0.2) is 61.0 Å². The van der Waals surface area contributed by atoms with Gasteiger partial charge in [-0.15, -0.1) is 5.92 Å². The lowest BCUT2D eigenvalue weighted by Gasteiger charge is -2.42. The maximum Gasteiger partial charge on any atom is 0.161 e. The van der Waals surface area contributed by atoms with Gasteiger partial charge in [0.1, 0.15) is 18.0 Å². The molecule has 2 aromatic carbocycles. The summed E-state index contributed by atoms with van der Waals surface area (Å²) < 4.78 is 6.49. The number of aliphatic hydroxyl groups is 4. The van der Waals surface area contributed by atoms with Crippen LogP contribution in [0.25, 0.3) is 0 Å². The van der Waals surface area contributed by atoms with Crippen molar-refractivity contribution >= 4 is 5.82 Å². The van der Waals surface area contributed by atoms with Crippen molar-refractivity contribution in [2.75, 3.05) is 5.73 Å². The van der Waals surface area contributed by atoms with Gasteiger partial charge in [0, 0.05) is 30.4 Å². The third kappa shape index (κ3) is 10.2. The Morgan fingerprint density at radius 1 is 0.889 bits per heavy atom. The van der Waals surface area contributed by atoms with E-state index in [0.717, 1.165) is 42.5 Å². The van der Waals surface area contributed by atoms with Gasteiger partial charge in [0.15, 0.2) is 11.5 Å². The summed E-state index contributed by atoms with van der Waals surface area (Å²) in [6.45, 7) is 2.27. The molecule has 1 saturated carbocycles. The van der Waals surface area contributed by atoms with Crippen LogP contribution in [0.3, 0.4) is 0 Å². The van der Waals surface area contributed by atoms with Crippen LogP contribution in [-0.2, 0) is 19.3 Å². The topological polar surface area (TPSA) is 163 Å². The molecular formula is C45H56N3O6-. The van der Waals surface area contributed by atoms with Gasteiger partial charge in [-0.05, 0) is 104 Å². The molecule has 1 fully saturated rings. The average molecular weight is 735 g/mol. The number of benzene rings is 2. The van der Waals surface area contributed by atoms with Crippen molar-refractivity contribution in [3.63, 3.8) is 0 Å². The highest BCUT2D eigenvalue weighted by Gasteiger charge is 2.43. The van der Waals surface area contributed by atoms with E-state index in [1.807, 2.05) is 30.3 Å². The highest BCUT2D eigenvalue weighted by Crippen LogP contribution is 2.42. The maximum absolute atomic E-state index is 11.4. The first-order valence-electron chi connectivity index (χ1n) is 19.7. The van der Waals surface area contributed by atoms with Gasteiger partial charge in [-0.2, -0.15) is 11.9 Å². The van der Waals surface area contributed by atoms with E-state index in [-0.39, 0.29) is 35.2 Å². The zero-order valence-electron chi connectivity index (χ0n) is 31.3. The second-order valence-electron chi connectivity index (χ2n) is 15.6. The van der Waals surface area contributed by atoms with Crippen LogP contribution in [0, 0.1) is 35.5 Å². The first-order chi connectivity index (χ1) is 26.2. The van der Waals surface area contributed by atoms with Gasteiger partial charge in [0.2, 0.25) is 0 Å². The Kier molecular flexibility index (Phi) is 13.7. The van der Waals surface area contributed by atoms with Crippen molar-refractivity contribution in [1.29, 1.82) is 0 Å². The number of aryl methyl sites for hydroxylation is 1. The second kappa shape index (κ2) is 18.8. The number of nitrogens with zero attached hydrogens (tertiary/aromatic N) is 2. The Hall–Kier alpha value is -4.33. The molecule has 0 saturated heterocycles. The molecule has 2 aromatic heterocycles. The molecule has 6 rings (SSSR count). The number of rotatable bonds is 13. The SMILES string of the molecule is CC(Cc1ccccc1)C1C#CCC(C(O)CCc2ccc(O)c(OC3C(O)C(O)CCC3C(Cc3ccc[n-]3)c3ccnc(N)c3)c2)C(O)CCCC1. The minimum Gasteiger partial charge on any atom is -0.668 e. The van der Waals surface area contributed by atoms with Crippen LogP contribution in [0.5, 0.6) is 11.5 Å². The van der Waals surface area contributed by atoms with E-state index in [0.29, 0.717) is 56.7 Å². The van der Waals surface area contributed by atoms with Crippen molar-refractivity contribution in [3.05, 3.63) is 108 Å². The quantitative estimate of drug-likeness (QED) is 0.0910. The molecule has 0 radical (unpaired) electrons. The fourth-order valence-electron chi connectivity index (χ4n) is 8.53. The molecule has 10 atom stereocenters. The largest absolute Gasteiger partial charge is 0.668 e. The van der Waals surface area contributed by atoms with Gasteiger partial charge in [-0.25, -0.2) is 4.98 Å². The second-order valence-corrected chi connectivity index (χ2v) is 15.6. The number of phenols is 1. The third-order valence-corrected chi connectivity index (χ3v) is 11.7. The minimum atomic E-state index is -1.20. The normalized spacial score (nSPS) is 26.5. The van der Waals surface area contributed by atoms with E-state index >= 15 is 0 Å². The molecular weight excluding hydrogens is 679 g/mol. The molecule has 2 heterocycles. The fourth-order valence-corrected chi connectivity index (χ4v) is 8.53. The van der Waals surface area contributed by atoms with E-state index in [4.69, 9.17) is 10.5 Å². The predicted octanol–water partition coefficient (Wildman–Crippen LogP) is 5.97. The number of anilines is 1. The Bertz CT molecular complexity index is 1810. The standard InChI is InChI=1S/C45H56N3O6/c1-29(25-30-9-3-2-4-10-30)32-11-5-6-15-38(49)36(14-7-12-32)39(50)19-16-31-17-20-40(51)42(26-31)54-45-35(18-21-41(52)44(45)53)37(28-34-13-8-23-47-34)33-22-24-48-43(46)27-33/h2-4,8-10,13,17,20,22-24,26-27,29,32,35-39,41,44-45,49-53H,5-6,11,14-16,18-19,21,25,28H2,1H3,(H2,46,48)/q-1. The zero-order chi connectivity index (χ0) is 38.0. The number of hydrogen-bond donors (Lipinski definition) is 6. The summed E-state index contributed by atoms with van der Waals surface area (Å²) in [6, 6.07) is 23.2. The van der Waals surface area contributed by atoms with E-state index in [2.05, 4.69) is 53.0 Å². The van der Waals surface area contributed by atoms with Crippen molar-refractivity contribution in [2.45, 2.75) is 114 Å². The van der Waals surface area contributed by atoms with Crippen molar-refractivity contribution in [3.8, 4) is 23.3 Å². The molecule has 10 unspecified atom stereocenters. The number of aliphatic hydroxyl groups excluding tert-OH is 4. The van der Waals surface area contributed by atoms with Gasteiger partial charge in [-0.3, -0.25) is 0 Å². The average Bonchev–Trinajstić information content (AvgIpc) is 3.69. The number of pyridine rings is 1. The Morgan fingerprint density at radius 2 is 1.70 bits per heavy atom. The third-order valence-electron chi connectivity index (χ3n) is 11.7. The maximum atomic E-state index is 11.4. The highest BCUT2D eigenvalue weighted by molar-refractivity contribution is 5.42. The van der Waals surface area contributed by atoms with Gasteiger partial charge in [-0.1, -0.05) is 74.2 Å². The lowest BCUT2D eigenvalue weighted by molar-refractivity contribution is -0.104. The first kappa shape index (κ1) is 39.4. The minimum absolute atomic E-state index is 0.0817. The fraction of sp³-hybridized carbons (Fsp3) is 0.489. The molecule has 0 bridgehead atoms. The number of nitrogen functional groups attached to an aromatic ring is 1. The lowest BCUT2D eigenvalue weighted by Crippen LogP contribution is -2.51. The van der Waals surface area contributed by atoms with Crippen LogP contribution in [0.15, 0.2) is 85.2 Å². The van der Waals surface area contributed by atoms with Crippen LogP contribution in [0.1, 0.15) is 86.6 Å². The van der Waals surface area contributed by atoms with Gasteiger partial charge in [0.25, 0.3) is 0 Å². The molecule has 9 heteroatoms. The number of ether oxygens (including phenoxy) is 1. The Labute approximate surface area is 319 Å². The van der Waals surface area contributed by atoms with Crippen LogP contribution in [0.4, 0.5) is 5.82 Å². The van der Waals surface area contributed by atoms with E-state index in [1.54, 1.807) is 30.6 Å². The molecule has 4 aromatic rings. The van der Waals surface area contributed by atoms with Crippen molar-refractivity contribution < 1.29 is 30.3 Å². The van der Waals surface area contributed by atoms with Gasteiger partial charge in [0.05, 0.1) is 18.3 Å². The van der Waals surface area contributed by atoms with Crippen molar-refractivity contribution in [2.24, 2.45) is 23.7 Å². The summed E-state index contributed by atoms with van der Waals surface area (Å²) in [5.74, 6) is 7.28. The molecule has 288 valence electrons. The molecule has 0 amide bonds. The summed E-state index contributed by atoms with van der Waals surface area (Å²) in [6.07, 6.45) is 6.30. The molecule has 2 aliphatic rings. The van der Waals surface area contributed by atoms with Gasteiger partial charge >= 0.3 is 0 Å².